The lowest BCUT2D eigenvalue weighted by atomic mass is 10.0. The number of halogens is 2. The topological polar surface area (TPSA) is 52.6 Å². The molecular formula is C24H16BrClO4. The molecule has 0 bridgehead atoms. The Morgan fingerprint density at radius 2 is 1.87 bits per heavy atom. The van der Waals surface area contributed by atoms with E-state index < -0.39 is 0 Å². The van der Waals surface area contributed by atoms with Crippen molar-refractivity contribution in [2.45, 2.75) is 6.92 Å². The molecule has 3 aromatic carbocycles. The molecule has 0 radical (unpaired) electrons. The summed E-state index contributed by atoms with van der Waals surface area (Å²) in [5.41, 5.74) is 2.59. The molecule has 0 unspecified atom stereocenters. The van der Waals surface area contributed by atoms with Crippen molar-refractivity contribution in [2.24, 2.45) is 0 Å². The van der Waals surface area contributed by atoms with Crippen LogP contribution in [0.2, 0.25) is 5.02 Å². The Balaban J connectivity index is 1.53. The average molecular weight is 484 g/mol. The van der Waals surface area contributed by atoms with Crippen LogP contribution in [0.15, 0.2) is 70.9 Å². The zero-order chi connectivity index (χ0) is 21.3. The van der Waals surface area contributed by atoms with Gasteiger partial charge in [0, 0.05) is 21.1 Å². The molecule has 1 aliphatic heterocycles. The third-order valence-corrected chi connectivity index (χ3v) is 5.65. The smallest absolute Gasteiger partial charge is 0.232 e. The van der Waals surface area contributed by atoms with Gasteiger partial charge in [-0.1, -0.05) is 45.7 Å². The number of carbonyl (C=O) groups excluding carboxylic acids is 2. The van der Waals surface area contributed by atoms with Crippen LogP contribution in [0.1, 0.15) is 31.8 Å². The van der Waals surface area contributed by atoms with Gasteiger partial charge in [-0.15, -0.1) is 0 Å². The molecular weight excluding hydrogens is 468 g/mol. The van der Waals surface area contributed by atoms with Crippen molar-refractivity contribution in [1.29, 1.82) is 0 Å². The highest BCUT2D eigenvalue weighted by Gasteiger charge is 2.30. The van der Waals surface area contributed by atoms with Gasteiger partial charge in [0.15, 0.2) is 18.1 Å². The van der Waals surface area contributed by atoms with Crippen LogP contribution in [0, 0.1) is 6.92 Å². The largest absolute Gasteiger partial charge is 0.485 e. The van der Waals surface area contributed by atoms with Crippen molar-refractivity contribution in [3.8, 4) is 11.5 Å². The lowest BCUT2D eigenvalue weighted by Crippen LogP contribution is -2.11. The minimum atomic E-state index is -0.179. The summed E-state index contributed by atoms with van der Waals surface area (Å²) < 4.78 is 12.3. The minimum Gasteiger partial charge on any atom is -0.485 e. The van der Waals surface area contributed by atoms with Crippen LogP contribution in [-0.2, 0) is 0 Å². The van der Waals surface area contributed by atoms with E-state index in [0.29, 0.717) is 27.6 Å². The van der Waals surface area contributed by atoms with Crippen LogP contribution < -0.4 is 9.47 Å². The van der Waals surface area contributed by atoms with Gasteiger partial charge in [-0.3, -0.25) is 9.59 Å². The number of rotatable bonds is 5. The summed E-state index contributed by atoms with van der Waals surface area (Å²) >= 11 is 9.32. The summed E-state index contributed by atoms with van der Waals surface area (Å²) in [7, 11) is 0. The lowest BCUT2D eigenvalue weighted by Gasteiger charge is -2.09. The third kappa shape index (κ3) is 4.18. The number of aryl methyl sites for hydroxylation is 1. The number of hydrogen-bond acceptors (Lipinski definition) is 4. The predicted octanol–water partition coefficient (Wildman–Crippen LogP) is 6.29. The fraction of sp³-hybridized carbons (Fsp3) is 0.0833. The first-order valence-electron chi connectivity index (χ1n) is 9.17. The molecule has 4 rings (SSSR count). The summed E-state index contributed by atoms with van der Waals surface area (Å²) in [5.74, 6) is 0.781. The van der Waals surface area contributed by atoms with Gasteiger partial charge in [0.2, 0.25) is 5.78 Å². The fourth-order valence-electron chi connectivity index (χ4n) is 3.16. The van der Waals surface area contributed by atoms with E-state index in [9.17, 15) is 9.59 Å². The average Bonchev–Trinajstić information content (AvgIpc) is 3.04. The fourth-order valence-corrected chi connectivity index (χ4v) is 3.69. The van der Waals surface area contributed by atoms with Gasteiger partial charge in [-0.25, -0.2) is 0 Å². The van der Waals surface area contributed by atoms with Gasteiger partial charge in [0.1, 0.15) is 11.5 Å². The second-order valence-corrected chi connectivity index (χ2v) is 8.08. The summed E-state index contributed by atoms with van der Waals surface area (Å²) in [6, 6.07) is 17.6. The SMILES string of the molecule is Cc1cc(OCC(=O)c2ccc(Cl)cc2)cc2c1C(=O)/C(=C/c1ccccc1Br)O2. The number of benzene rings is 3. The second kappa shape index (κ2) is 8.46. The van der Waals surface area contributed by atoms with E-state index in [-0.39, 0.29) is 23.9 Å². The zero-order valence-corrected chi connectivity index (χ0v) is 18.3. The van der Waals surface area contributed by atoms with E-state index in [4.69, 9.17) is 21.1 Å². The van der Waals surface area contributed by atoms with Crippen LogP contribution in [0.5, 0.6) is 11.5 Å². The van der Waals surface area contributed by atoms with E-state index in [1.165, 1.54) is 0 Å². The van der Waals surface area contributed by atoms with E-state index in [0.717, 1.165) is 15.6 Å². The summed E-state index contributed by atoms with van der Waals surface area (Å²) in [6.07, 6.45) is 1.70. The second-order valence-electron chi connectivity index (χ2n) is 6.79. The first-order valence-corrected chi connectivity index (χ1v) is 10.3. The highest BCUT2D eigenvalue weighted by atomic mass is 79.9. The predicted molar refractivity (Wildman–Crippen MR) is 120 cm³/mol. The molecule has 0 saturated heterocycles. The van der Waals surface area contributed by atoms with Crippen LogP contribution in [0.25, 0.3) is 6.08 Å². The van der Waals surface area contributed by atoms with E-state index >= 15 is 0 Å². The van der Waals surface area contributed by atoms with E-state index in [2.05, 4.69) is 15.9 Å². The maximum absolute atomic E-state index is 12.8. The molecule has 30 heavy (non-hydrogen) atoms. The minimum absolute atomic E-state index is 0.131. The van der Waals surface area contributed by atoms with Crippen LogP contribution in [-0.4, -0.2) is 18.2 Å². The molecule has 0 amide bonds. The van der Waals surface area contributed by atoms with Gasteiger partial charge in [0.05, 0.1) is 5.56 Å². The van der Waals surface area contributed by atoms with Crippen molar-refractivity contribution in [3.05, 3.63) is 98.2 Å². The normalized spacial score (nSPS) is 13.8. The summed E-state index contributed by atoms with van der Waals surface area (Å²) in [6.45, 7) is 1.68. The lowest BCUT2D eigenvalue weighted by molar-refractivity contribution is 0.0920. The van der Waals surface area contributed by atoms with Crippen molar-refractivity contribution >= 4 is 45.2 Å². The van der Waals surface area contributed by atoms with E-state index in [1.54, 1.807) is 42.5 Å². The highest BCUT2D eigenvalue weighted by Crippen LogP contribution is 2.38. The molecule has 0 fully saturated rings. The molecule has 1 aliphatic rings. The molecule has 0 N–H and O–H groups in total. The van der Waals surface area contributed by atoms with Crippen LogP contribution >= 0.6 is 27.5 Å². The Kier molecular flexibility index (Phi) is 5.75. The van der Waals surface area contributed by atoms with Gasteiger partial charge in [0.25, 0.3) is 0 Å². The molecule has 150 valence electrons. The van der Waals surface area contributed by atoms with Crippen LogP contribution in [0.3, 0.4) is 0 Å². The molecule has 0 aliphatic carbocycles. The molecule has 4 nitrogen and oxygen atoms in total. The Morgan fingerprint density at radius 1 is 1.13 bits per heavy atom. The Hall–Kier alpha value is -2.89. The molecule has 0 aromatic heterocycles. The zero-order valence-electron chi connectivity index (χ0n) is 15.9. The molecule has 6 heteroatoms. The number of ketones is 2. The number of carbonyl (C=O) groups is 2. The van der Waals surface area contributed by atoms with Crippen molar-refractivity contribution in [2.75, 3.05) is 6.61 Å². The van der Waals surface area contributed by atoms with Crippen LogP contribution in [0.4, 0.5) is 0 Å². The summed E-state index contributed by atoms with van der Waals surface area (Å²) in [5, 5.41) is 0.565. The molecule has 1 heterocycles. The number of Topliss-reactive ketones (excluding diaryl/α,β-unsaturated/α-hetero) is 2. The maximum Gasteiger partial charge on any atom is 0.232 e. The molecule has 0 saturated carbocycles. The van der Waals surface area contributed by atoms with Crippen molar-refractivity contribution in [3.63, 3.8) is 0 Å². The van der Waals surface area contributed by atoms with Gasteiger partial charge >= 0.3 is 0 Å². The van der Waals surface area contributed by atoms with Gasteiger partial charge in [-0.2, -0.15) is 0 Å². The van der Waals surface area contributed by atoms with Gasteiger partial charge < -0.3 is 9.47 Å². The molecule has 0 spiro atoms. The van der Waals surface area contributed by atoms with Gasteiger partial charge in [-0.05, 0) is 60.5 Å². The quantitative estimate of drug-likeness (QED) is 0.316. The first-order chi connectivity index (χ1) is 14.4. The monoisotopic (exact) mass is 482 g/mol. The number of hydrogen-bond donors (Lipinski definition) is 0. The Morgan fingerprint density at radius 3 is 2.60 bits per heavy atom. The highest BCUT2D eigenvalue weighted by molar-refractivity contribution is 9.10. The number of ether oxygens (including phenoxy) is 2. The van der Waals surface area contributed by atoms with Crippen molar-refractivity contribution in [1.82, 2.24) is 0 Å². The molecule has 0 atom stereocenters. The third-order valence-electron chi connectivity index (χ3n) is 4.67. The number of fused-ring (bicyclic) bond motifs is 1. The standard InChI is InChI=1S/C24H16BrClO4/c1-14-10-18(29-13-20(27)15-6-8-17(26)9-7-15)12-21-23(14)24(28)22(30-21)11-16-4-2-3-5-19(16)25/h2-12H,13H2,1H3/b22-11-. The summed E-state index contributed by atoms with van der Waals surface area (Å²) in [4.78, 5) is 25.1. The Bertz CT molecular complexity index is 1180. The maximum atomic E-state index is 12.8. The molecule has 3 aromatic rings. The first kappa shape index (κ1) is 20.4. The van der Waals surface area contributed by atoms with Crippen molar-refractivity contribution < 1.29 is 19.1 Å². The Labute approximate surface area is 187 Å². The number of allylic oxidation sites excluding steroid dienone is 1. The van der Waals surface area contributed by atoms with E-state index in [1.807, 2.05) is 31.2 Å².